The van der Waals surface area contributed by atoms with Gasteiger partial charge in [-0.25, -0.2) is 0 Å². The van der Waals surface area contributed by atoms with E-state index in [4.69, 9.17) is 0 Å². The molecule has 0 unspecified atom stereocenters. The molecule has 0 heterocycles. The van der Waals surface area contributed by atoms with Crippen molar-refractivity contribution in [3.8, 4) is 0 Å². The van der Waals surface area contributed by atoms with Gasteiger partial charge in [-0.1, -0.05) is 50.8 Å². The van der Waals surface area contributed by atoms with E-state index in [1.807, 2.05) is 7.05 Å². The van der Waals surface area contributed by atoms with Gasteiger partial charge in [-0.3, -0.25) is 0 Å². The second kappa shape index (κ2) is 8.73. The van der Waals surface area contributed by atoms with Crippen LogP contribution in [-0.4, -0.2) is 7.05 Å². The van der Waals surface area contributed by atoms with Gasteiger partial charge in [-0.05, 0) is 78.5 Å². The van der Waals surface area contributed by atoms with Crippen LogP contribution in [0, 0.1) is 12.8 Å². The summed E-state index contributed by atoms with van der Waals surface area (Å²) in [6.45, 7) is 10.9. The van der Waals surface area contributed by atoms with Crippen LogP contribution in [-0.2, 0) is 19.3 Å². The molecule has 0 aliphatic carbocycles. The van der Waals surface area contributed by atoms with E-state index in [1.165, 1.54) is 34.2 Å². The number of nitrogens with one attached hydrogen (secondary N) is 1. The predicted octanol–water partition coefficient (Wildman–Crippen LogP) is 5.56. The Hall–Kier alpha value is -2.02. The largest absolute Gasteiger partial charge is 0.388 e. The number of rotatable bonds is 8. The highest BCUT2D eigenvalue weighted by Gasteiger charge is 2.06. The van der Waals surface area contributed by atoms with Gasteiger partial charge in [0.2, 0.25) is 0 Å². The molecule has 0 spiro atoms. The smallest absolute Gasteiger partial charge is 0.0338 e. The summed E-state index contributed by atoms with van der Waals surface area (Å²) in [6.07, 6.45) is 4.56. The molecule has 1 nitrogen and oxygen atoms in total. The van der Waals surface area contributed by atoms with Gasteiger partial charge in [-0.15, -0.1) is 0 Å². The fourth-order valence-corrected chi connectivity index (χ4v) is 3.19. The van der Waals surface area contributed by atoms with Crippen molar-refractivity contribution < 1.29 is 0 Å². The lowest BCUT2D eigenvalue weighted by molar-refractivity contribution is 0.646. The fraction of sp³-hybridized carbons (Fsp3) is 0.391. The lowest BCUT2D eigenvalue weighted by Crippen LogP contribution is -2.05. The van der Waals surface area contributed by atoms with Crippen LogP contribution in [0.5, 0.6) is 0 Å². The van der Waals surface area contributed by atoms with Crippen molar-refractivity contribution in [2.45, 2.75) is 46.5 Å². The van der Waals surface area contributed by atoms with Crippen LogP contribution in [0.2, 0.25) is 0 Å². The topological polar surface area (TPSA) is 12.0 Å². The Kier molecular flexibility index (Phi) is 6.66. The van der Waals surface area contributed by atoms with Crippen molar-refractivity contribution >= 4 is 5.70 Å². The molecule has 2 aromatic carbocycles. The van der Waals surface area contributed by atoms with Gasteiger partial charge < -0.3 is 5.32 Å². The Labute approximate surface area is 147 Å². The van der Waals surface area contributed by atoms with Gasteiger partial charge in [-0.2, -0.15) is 0 Å². The van der Waals surface area contributed by atoms with Gasteiger partial charge >= 0.3 is 0 Å². The third kappa shape index (κ3) is 5.26. The van der Waals surface area contributed by atoms with E-state index in [1.54, 1.807) is 0 Å². The van der Waals surface area contributed by atoms with Gasteiger partial charge in [0.15, 0.2) is 0 Å². The Morgan fingerprint density at radius 3 is 2.42 bits per heavy atom. The molecule has 0 saturated heterocycles. The van der Waals surface area contributed by atoms with E-state index in [2.05, 4.69) is 75.1 Å². The standard InChI is InChI=1S/C23H31N/c1-17(2)13-21-14-20(15-23(16-21)19(4)24-5)10-8-12-22-11-7-6-9-18(22)3/h6-7,9,11,14-17,24H,4,8,10,12-13H2,1-3,5H3. The van der Waals surface area contributed by atoms with Crippen LogP contribution in [0.1, 0.15) is 48.1 Å². The third-order valence-corrected chi connectivity index (χ3v) is 4.52. The van der Waals surface area contributed by atoms with Crippen LogP contribution < -0.4 is 5.32 Å². The molecule has 0 atom stereocenters. The van der Waals surface area contributed by atoms with Crippen LogP contribution in [0.4, 0.5) is 0 Å². The maximum absolute atomic E-state index is 4.13. The number of hydrogen-bond acceptors (Lipinski definition) is 1. The second-order valence-corrected chi connectivity index (χ2v) is 7.14. The lowest BCUT2D eigenvalue weighted by Gasteiger charge is -2.13. The molecule has 0 saturated carbocycles. The minimum absolute atomic E-state index is 0.669. The summed E-state index contributed by atoms with van der Waals surface area (Å²) in [7, 11) is 1.94. The molecule has 128 valence electrons. The quantitative estimate of drug-likeness (QED) is 0.671. The van der Waals surface area contributed by atoms with Crippen molar-refractivity contribution in [1.82, 2.24) is 5.32 Å². The van der Waals surface area contributed by atoms with E-state index in [-0.39, 0.29) is 0 Å². The number of benzene rings is 2. The van der Waals surface area contributed by atoms with E-state index < -0.39 is 0 Å². The van der Waals surface area contributed by atoms with Gasteiger partial charge in [0.05, 0.1) is 0 Å². The molecule has 2 rings (SSSR count). The highest BCUT2D eigenvalue weighted by Crippen LogP contribution is 2.20. The first-order chi connectivity index (χ1) is 11.5. The molecule has 0 amide bonds. The molecule has 2 aromatic rings. The molecule has 0 radical (unpaired) electrons. The second-order valence-electron chi connectivity index (χ2n) is 7.14. The third-order valence-electron chi connectivity index (χ3n) is 4.52. The minimum atomic E-state index is 0.669. The predicted molar refractivity (Wildman–Crippen MR) is 106 cm³/mol. The Balaban J connectivity index is 2.10. The molecule has 1 N–H and O–H groups in total. The van der Waals surface area contributed by atoms with E-state index >= 15 is 0 Å². The van der Waals surface area contributed by atoms with Gasteiger partial charge in [0.25, 0.3) is 0 Å². The van der Waals surface area contributed by atoms with Crippen molar-refractivity contribution in [3.63, 3.8) is 0 Å². The summed E-state index contributed by atoms with van der Waals surface area (Å²) < 4.78 is 0. The maximum atomic E-state index is 4.13. The van der Waals surface area contributed by atoms with Crippen LogP contribution >= 0.6 is 0 Å². The molecular weight excluding hydrogens is 290 g/mol. The SMILES string of the molecule is C=C(NC)c1cc(CCCc2ccccc2C)cc(CC(C)C)c1. The van der Waals surface area contributed by atoms with E-state index in [0.717, 1.165) is 25.0 Å². The summed E-state index contributed by atoms with van der Waals surface area (Å²) in [5.74, 6) is 0.669. The molecule has 0 aliphatic heterocycles. The molecule has 0 aliphatic rings. The van der Waals surface area contributed by atoms with E-state index in [9.17, 15) is 0 Å². The first-order valence-electron chi connectivity index (χ1n) is 9.04. The zero-order valence-electron chi connectivity index (χ0n) is 15.7. The minimum Gasteiger partial charge on any atom is -0.388 e. The Morgan fingerprint density at radius 2 is 1.75 bits per heavy atom. The lowest BCUT2D eigenvalue weighted by atomic mass is 9.94. The highest BCUT2D eigenvalue weighted by atomic mass is 14.8. The Bertz CT molecular complexity index is 682. The van der Waals surface area contributed by atoms with Crippen LogP contribution in [0.25, 0.3) is 5.70 Å². The summed E-state index contributed by atoms with van der Waals surface area (Å²) in [5.41, 5.74) is 7.94. The van der Waals surface area contributed by atoms with Crippen molar-refractivity contribution in [3.05, 3.63) is 76.9 Å². The first-order valence-corrected chi connectivity index (χ1v) is 9.04. The van der Waals surface area contributed by atoms with Gasteiger partial charge in [0.1, 0.15) is 0 Å². The highest BCUT2D eigenvalue weighted by molar-refractivity contribution is 5.63. The normalized spacial score (nSPS) is 10.9. The average molecular weight is 322 g/mol. The average Bonchev–Trinajstić information content (AvgIpc) is 2.55. The zero-order valence-corrected chi connectivity index (χ0v) is 15.7. The summed E-state index contributed by atoms with van der Waals surface area (Å²) >= 11 is 0. The monoisotopic (exact) mass is 321 g/mol. The Morgan fingerprint density at radius 1 is 1.04 bits per heavy atom. The molecule has 0 bridgehead atoms. The summed E-state index contributed by atoms with van der Waals surface area (Å²) in [6, 6.07) is 15.7. The van der Waals surface area contributed by atoms with Crippen molar-refractivity contribution in [2.75, 3.05) is 7.05 Å². The molecule has 24 heavy (non-hydrogen) atoms. The van der Waals surface area contributed by atoms with E-state index in [0.29, 0.717) is 5.92 Å². The summed E-state index contributed by atoms with van der Waals surface area (Å²) in [4.78, 5) is 0. The van der Waals surface area contributed by atoms with Gasteiger partial charge in [0, 0.05) is 12.7 Å². The van der Waals surface area contributed by atoms with Crippen molar-refractivity contribution in [1.29, 1.82) is 0 Å². The molecule has 1 heteroatoms. The van der Waals surface area contributed by atoms with Crippen LogP contribution in [0.3, 0.4) is 0 Å². The number of aryl methyl sites for hydroxylation is 3. The first kappa shape index (κ1) is 18.3. The van der Waals surface area contributed by atoms with Crippen molar-refractivity contribution in [2.24, 2.45) is 5.92 Å². The van der Waals surface area contributed by atoms with Crippen LogP contribution in [0.15, 0.2) is 49.0 Å². The molecule has 0 aromatic heterocycles. The fourth-order valence-electron chi connectivity index (χ4n) is 3.19. The zero-order chi connectivity index (χ0) is 17.5. The summed E-state index contributed by atoms with van der Waals surface area (Å²) in [5, 5.41) is 3.18. The maximum Gasteiger partial charge on any atom is 0.0338 e. The molecular formula is C23H31N. The number of hydrogen-bond donors (Lipinski definition) is 1. The molecule has 0 fully saturated rings.